The van der Waals surface area contributed by atoms with Gasteiger partial charge in [0.1, 0.15) is 5.82 Å². The number of methoxy groups -OCH3 is 1. The van der Waals surface area contributed by atoms with Crippen LogP contribution in [0.2, 0.25) is 0 Å². The van der Waals surface area contributed by atoms with Crippen molar-refractivity contribution >= 4 is 10.0 Å². The number of sulfonamides is 1. The van der Waals surface area contributed by atoms with Gasteiger partial charge in [0.05, 0.1) is 11.0 Å². The number of hydrogen-bond donors (Lipinski definition) is 1. The predicted octanol–water partition coefficient (Wildman–Crippen LogP) is 1.34. The molecular weight excluding hydrogens is 295 g/mol. The Morgan fingerprint density at radius 1 is 1.48 bits per heavy atom. The first-order chi connectivity index (χ1) is 9.98. The molecule has 0 radical (unpaired) electrons. The molecule has 1 heterocycles. The van der Waals surface area contributed by atoms with Gasteiger partial charge in [-0.1, -0.05) is 6.92 Å². The standard InChI is InChI=1S/C14H21FN2O3S/c1-3-16-9-11-8-13(4-5-14(11)15)21(18,19)17-7-6-12(10-17)20-2/h4-5,8,12,16H,3,6-7,9-10H2,1-2H3. The second-order valence-corrected chi connectivity index (χ2v) is 6.98. The van der Waals surface area contributed by atoms with Crippen molar-refractivity contribution in [1.82, 2.24) is 9.62 Å². The van der Waals surface area contributed by atoms with Crippen molar-refractivity contribution in [2.75, 3.05) is 26.7 Å². The van der Waals surface area contributed by atoms with Crippen LogP contribution in [0, 0.1) is 5.82 Å². The Morgan fingerprint density at radius 3 is 2.86 bits per heavy atom. The van der Waals surface area contributed by atoms with Gasteiger partial charge in [-0.25, -0.2) is 12.8 Å². The summed E-state index contributed by atoms with van der Waals surface area (Å²) in [6, 6.07) is 3.94. The average molecular weight is 316 g/mol. The van der Waals surface area contributed by atoms with Gasteiger partial charge in [-0.2, -0.15) is 4.31 Å². The van der Waals surface area contributed by atoms with Crippen molar-refractivity contribution in [1.29, 1.82) is 0 Å². The van der Waals surface area contributed by atoms with E-state index in [0.717, 1.165) is 0 Å². The van der Waals surface area contributed by atoms with Gasteiger partial charge in [-0.05, 0) is 31.2 Å². The predicted molar refractivity (Wildman–Crippen MR) is 78.0 cm³/mol. The number of nitrogens with one attached hydrogen (secondary N) is 1. The molecule has 0 amide bonds. The Labute approximate surface area is 125 Å². The van der Waals surface area contributed by atoms with Gasteiger partial charge in [0.15, 0.2) is 0 Å². The fraction of sp³-hybridized carbons (Fsp3) is 0.571. The highest BCUT2D eigenvalue weighted by atomic mass is 32.2. The molecular formula is C14H21FN2O3S. The summed E-state index contributed by atoms with van der Waals surface area (Å²) in [5, 5.41) is 3.00. The van der Waals surface area contributed by atoms with Crippen LogP contribution in [0.4, 0.5) is 4.39 Å². The fourth-order valence-electron chi connectivity index (χ4n) is 2.36. The van der Waals surface area contributed by atoms with Crippen molar-refractivity contribution in [3.8, 4) is 0 Å². The van der Waals surface area contributed by atoms with E-state index in [1.807, 2.05) is 6.92 Å². The van der Waals surface area contributed by atoms with Crippen molar-refractivity contribution in [3.05, 3.63) is 29.6 Å². The third kappa shape index (κ3) is 3.60. The summed E-state index contributed by atoms with van der Waals surface area (Å²) >= 11 is 0. The molecule has 1 aromatic rings. The van der Waals surface area contributed by atoms with E-state index in [4.69, 9.17) is 4.74 Å². The lowest BCUT2D eigenvalue weighted by atomic mass is 10.2. The van der Waals surface area contributed by atoms with Gasteiger partial charge >= 0.3 is 0 Å². The van der Waals surface area contributed by atoms with E-state index >= 15 is 0 Å². The van der Waals surface area contributed by atoms with E-state index in [0.29, 0.717) is 38.2 Å². The van der Waals surface area contributed by atoms with E-state index in [9.17, 15) is 12.8 Å². The smallest absolute Gasteiger partial charge is 0.243 e. The quantitative estimate of drug-likeness (QED) is 0.860. The monoisotopic (exact) mass is 316 g/mol. The summed E-state index contributed by atoms with van der Waals surface area (Å²) in [6.07, 6.45) is 0.614. The third-order valence-electron chi connectivity index (χ3n) is 3.66. The zero-order valence-corrected chi connectivity index (χ0v) is 13.1. The van der Waals surface area contributed by atoms with Crippen LogP contribution in [0.1, 0.15) is 18.9 Å². The summed E-state index contributed by atoms with van der Waals surface area (Å²) in [4.78, 5) is 0.133. The minimum Gasteiger partial charge on any atom is -0.380 e. The van der Waals surface area contributed by atoms with E-state index in [1.54, 1.807) is 7.11 Å². The molecule has 21 heavy (non-hydrogen) atoms. The molecule has 1 N–H and O–H groups in total. The molecule has 1 aromatic carbocycles. The van der Waals surface area contributed by atoms with Gasteiger partial charge in [0.25, 0.3) is 0 Å². The van der Waals surface area contributed by atoms with E-state index < -0.39 is 15.8 Å². The Kier molecular flexibility index (Phi) is 5.32. The topological polar surface area (TPSA) is 58.6 Å². The number of benzene rings is 1. The Bertz CT molecular complexity index is 592. The van der Waals surface area contributed by atoms with Crippen LogP contribution in [0.15, 0.2) is 23.1 Å². The van der Waals surface area contributed by atoms with Crippen LogP contribution in [0.3, 0.4) is 0 Å². The summed E-state index contributed by atoms with van der Waals surface area (Å²) in [5.41, 5.74) is 0.361. The highest BCUT2D eigenvalue weighted by Gasteiger charge is 2.32. The fourth-order valence-corrected chi connectivity index (χ4v) is 3.90. The number of hydrogen-bond acceptors (Lipinski definition) is 4. The molecule has 0 aliphatic carbocycles. The van der Waals surface area contributed by atoms with E-state index in [2.05, 4.69) is 5.32 Å². The normalized spacial score (nSPS) is 20.0. The highest BCUT2D eigenvalue weighted by Crippen LogP contribution is 2.23. The summed E-state index contributed by atoms with van der Waals surface area (Å²) in [7, 11) is -2.01. The molecule has 2 rings (SSSR count). The van der Waals surface area contributed by atoms with Crippen molar-refractivity contribution in [2.24, 2.45) is 0 Å². The van der Waals surface area contributed by atoms with Crippen LogP contribution in [-0.4, -0.2) is 45.6 Å². The largest absolute Gasteiger partial charge is 0.380 e. The third-order valence-corrected chi connectivity index (χ3v) is 5.52. The molecule has 0 bridgehead atoms. The maximum Gasteiger partial charge on any atom is 0.243 e. The first kappa shape index (κ1) is 16.4. The number of halogens is 1. The molecule has 1 aliphatic rings. The summed E-state index contributed by atoms with van der Waals surface area (Å²) in [5.74, 6) is -0.397. The molecule has 0 aromatic heterocycles. The first-order valence-electron chi connectivity index (χ1n) is 7.01. The van der Waals surface area contributed by atoms with Crippen molar-refractivity contribution < 1.29 is 17.5 Å². The highest BCUT2D eigenvalue weighted by molar-refractivity contribution is 7.89. The van der Waals surface area contributed by atoms with E-state index in [1.165, 1.54) is 22.5 Å². The minimum absolute atomic E-state index is 0.0681. The van der Waals surface area contributed by atoms with Crippen LogP contribution >= 0.6 is 0 Å². The second kappa shape index (κ2) is 6.83. The lowest BCUT2D eigenvalue weighted by molar-refractivity contribution is 0.115. The maximum atomic E-state index is 13.7. The van der Waals surface area contributed by atoms with Crippen LogP contribution in [-0.2, 0) is 21.3 Å². The molecule has 7 heteroatoms. The van der Waals surface area contributed by atoms with E-state index in [-0.39, 0.29) is 11.0 Å². The number of nitrogens with zero attached hydrogens (tertiary/aromatic N) is 1. The summed E-state index contributed by atoms with van der Waals surface area (Å²) in [6.45, 7) is 3.69. The molecule has 1 fully saturated rings. The van der Waals surface area contributed by atoms with Crippen LogP contribution in [0.5, 0.6) is 0 Å². The Balaban J connectivity index is 2.24. The molecule has 1 atom stereocenters. The van der Waals surface area contributed by atoms with Crippen LogP contribution in [0.25, 0.3) is 0 Å². The lowest BCUT2D eigenvalue weighted by Crippen LogP contribution is -2.30. The maximum absolute atomic E-state index is 13.7. The Morgan fingerprint density at radius 2 is 2.24 bits per heavy atom. The van der Waals surface area contributed by atoms with Gasteiger partial charge in [0.2, 0.25) is 10.0 Å². The molecule has 118 valence electrons. The minimum atomic E-state index is -3.59. The summed E-state index contributed by atoms with van der Waals surface area (Å²) < 4.78 is 45.4. The molecule has 0 saturated carbocycles. The number of ether oxygens (including phenoxy) is 1. The first-order valence-corrected chi connectivity index (χ1v) is 8.45. The lowest BCUT2D eigenvalue weighted by Gasteiger charge is -2.17. The van der Waals surface area contributed by atoms with Crippen LogP contribution < -0.4 is 5.32 Å². The van der Waals surface area contributed by atoms with Gasteiger partial charge in [0, 0.05) is 32.3 Å². The number of rotatable bonds is 6. The zero-order chi connectivity index (χ0) is 15.5. The molecule has 1 aliphatic heterocycles. The Hall–Kier alpha value is -1.02. The SMILES string of the molecule is CCNCc1cc(S(=O)(=O)N2CCC(OC)C2)ccc1F. The molecule has 1 saturated heterocycles. The van der Waals surface area contributed by atoms with Crippen molar-refractivity contribution in [3.63, 3.8) is 0 Å². The zero-order valence-electron chi connectivity index (χ0n) is 12.3. The van der Waals surface area contributed by atoms with Gasteiger partial charge in [-0.15, -0.1) is 0 Å². The average Bonchev–Trinajstić information content (AvgIpc) is 2.96. The molecule has 5 nitrogen and oxygen atoms in total. The molecule has 1 unspecified atom stereocenters. The molecule has 0 spiro atoms. The second-order valence-electron chi connectivity index (χ2n) is 5.04. The van der Waals surface area contributed by atoms with Gasteiger partial charge in [-0.3, -0.25) is 0 Å². The van der Waals surface area contributed by atoms with Gasteiger partial charge < -0.3 is 10.1 Å². The van der Waals surface area contributed by atoms with Crippen molar-refractivity contribution in [2.45, 2.75) is 30.9 Å².